The highest BCUT2D eigenvalue weighted by atomic mass is 35.5. The Labute approximate surface area is 161 Å². The van der Waals surface area contributed by atoms with Crippen molar-refractivity contribution in [2.45, 2.75) is 41.0 Å². The van der Waals surface area contributed by atoms with Gasteiger partial charge in [0.1, 0.15) is 0 Å². The van der Waals surface area contributed by atoms with Gasteiger partial charge in [0, 0.05) is 43.7 Å². The largest absolute Gasteiger partial charge is 0.367 e. The number of benzene rings is 1. The maximum absolute atomic E-state index is 12.4. The Morgan fingerprint density at radius 3 is 2.27 bits per heavy atom. The van der Waals surface area contributed by atoms with Gasteiger partial charge in [0.05, 0.1) is 10.7 Å². The highest BCUT2D eigenvalue weighted by Gasteiger charge is 2.30. The van der Waals surface area contributed by atoms with Gasteiger partial charge in [-0.25, -0.2) is 0 Å². The molecule has 6 heteroatoms. The monoisotopic (exact) mass is 379 g/mol. The van der Waals surface area contributed by atoms with E-state index >= 15 is 0 Å². The Hall–Kier alpha value is -1.75. The number of hydrogen-bond donors (Lipinski definition) is 1. The second-order valence-corrected chi connectivity index (χ2v) is 8.75. The van der Waals surface area contributed by atoms with Crippen LogP contribution >= 0.6 is 11.6 Å². The zero-order chi connectivity index (χ0) is 19.5. The third kappa shape index (κ3) is 5.37. The van der Waals surface area contributed by atoms with E-state index < -0.39 is 0 Å². The average Bonchev–Trinajstić information content (AvgIpc) is 2.53. The van der Waals surface area contributed by atoms with E-state index in [1.54, 1.807) is 6.07 Å². The van der Waals surface area contributed by atoms with Crippen LogP contribution in [0.3, 0.4) is 0 Å². The average molecular weight is 380 g/mol. The molecule has 0 bridgehead atoms. The molecule has 1 aliphatic rings. The van der Waals surface area contributed by atoms with Crippen molar-refractivity contribution in [3.63, 3.8) is 0 Å². The van der Waals surface area contributed by atoms with Crippen LogP contribution in [-0.4, -0.2) is 42.9 Å². The second kappa shape index (κ2) is 8.30. The van der Waals surface area contributed by atoms with E-state index in [1.807, 2.05) is 51.7 Å². The number of carbonyl (C=O) groups is 2. The number of anilines is 2. The lowest BCUT2D eigenvalue weighted by atomic mass is 9.94. The molecule has 2 amide bonds. The molecule has 1 N–H and O–H groups in total. The molecule has 144 valence electrons. The maximum Gasteiger partial charge on any atom is 0.228 e. The van der Waals surface area contributed by atoms with E-state index in [-0.39, 0.29) is 17.2 Å². The number of nitrogens with zero attached hydrogens (tertiary/aromatic N) is 2. The maximum atomic E-state index is 12.4. The normalized spacial score (nSPS) is 15.3. The van der Waals surface area contributed by atoms with Gasteiger partial charge in [0.25, 0.3) is 0 Å². The van der Waals surface area contributed by atoms with E-state index in [0.717, 1.165) is 18.8 Å². The summed E-state index contributed by atoms with van der Waals surface area (Å²) in [6.07, 6.45) is 0.489. The molecule has 1 aliphatic heterocycles. The van der Waals surface area contributed by atoms with Crippen molar-refractivity contribution in [2.75, 3.05) is 36.4 Å². The lowest BCUT2D eigenvalue weighted by Gasteiger charge is -2.39. The third-order valence-electron chi connectivity index (χ3n) is 4.37. The van der Waals surface area contributed by atoms with Gasteiger partial charge in [-0.2, -0.15) is 0 Å². The quantitative estimate of drug-likeness (QED) is 0.859. The summed E-state index contributed by atoms with van der Waals surface area (Å²) in [5.41, 5.74) is 1.30. The van der Waals surface area contributed by atoms with Gasteiger partial charge in [0.2, 0.25) is 11.8 Å². The van der Waals surface area contributed by atoms with Crippen molar-refractivity contribution in [1.29, 1.82) is 0 Å². The summed E-state index contributed by atoms with van der Waals surface area (Å²) in [4.78, 5) is 28.4. The summed E-state index contributed by atoms with van der Waals surface area (Å²) in [5.74, 6) is 0.501. The molecule has 5 nitrogen and oxygen atoms in total. The number of hydrogen-bond acceptors (Lipinski definition) is 3. The Kier molecular flexibility index (Phi) is 6.56. The van der Waals surface area contributed by atoms with Crippen LogP contribution in [0.2, 0.25) is 5.02 Å². The molecule has 26 heavy (non-hydrogen) atoms. The first-order valence-corrected chi connectivity index (χ1v) is 9.59. The summed E-state index contributed by atoms with van der Waals surface area (Å²) in [6.45, 7) is 12.8. The smallest absolute Gasteiger partial charge is 0.228 e. The molecule has 0 unspecified atom stereocenters. The minimum atomic E-state index is -0.352. The SMILES string of the molecule is CC(C)CC(=O)Nc1ccc(N2CCN(C(=O)C(C)(C)C)CC2)c(Cl)c1. The van der Waals surface area contributed by atoms with Crippen molar-refractivity contribution < 1.29 is 9.59 Å². The van der Waals surface area contributed by atoms with Crippen LogP contribution in [0.15, 0.2) is 18.2 Å². The third-order valence-corrected chi connectivity index (χ3v) is 4.68. The summed E-state index contributed by atoms with van der Waals surface area (Å²) in [6, 6.07) is 5.61. The van der Waals surface area contributed by atoms with Crippen LogP contribution in [-0.2, 0) is 9.59 Å². The standard InChI is InChI=1S/C20H30ClN3O2/c1-14(2)12-18(25)22-15-6-7-17(16(21)13-15)23-8-10-24(11-9-23)19(26)20(3,4)5/h6-7,13-14H,8-12H2,1-5H3,(H,22,25). The number of piperazine rings is 1. The number of amides is 2. The van der Waals surface area contributed by atoms with Gasteiger partial charge in [-0.15, -0.1) is 0 Å². The Morgan fingerprint density at radius 2 is 1.77 bits per heavy atom. The van der Waals surface area contributed by atoms with Crippen molar-refractivity contribution in [1.82, 2.24) is 4.90 Å². The predicted octanol–water partition coefficient (Wildman–Crippen LogP) is 4.02. The van der Waals surface area contributed by atoms with Crippen LogP contribution in [0.25, 0.3) is 0 Å². The van der Waals surface area contributed by atoms with Crippen molar-refractivity contribution in [3.8, 4) is 0 Å². The fourth-order valence-electron chi connectivity index (χ4n) is 3.05. The van der Waals surface area contributed by atoms with Gasteiger partial charge in [-0.3, -0.25) is 9.59 Å². The molecule has 1 fully saturated rings. The first kappa shape index (κ1) is 20.6. The molecule has 0 spiro atoms. The van der Waals surface area contributed by atoms with Crippen LogP contribution in [0.5, 0.6) is 0 Å². The molecule has 1 aromatic rings. The van der Waals surface area contributed by atoms with Gasteiger partial charge in [-0.05, 0) is 24.1 Å². The summed E-state index contributed by atoms with van der Waals surface area (Å²) >= 11 is 6.45. The summed E-state index contributed by atoms with van der Waals surface area (Å²) < 4.78 is 0. The predicted molar refractivity (Wildman–Crippen MR) is 108 cm³/mol. The highest BCUT2D eigenvalue weighted by molar-refractivity contribution is 6.33. The molecule has 0 aliphatic carbocycles. The van der Waals surface area contributed by atoms with E-state index in [1.165, 1.54) is 0 Å². The molecular weight excluding hydrogens is 350 g/mol. The fourth-order valence-corrected chi connectivity index (χ4v) is 3.35. The molecule has 0 radical (unpaired) electrons. The minimum Gasteiger partial charge on any atom is -0.367 e. The first-order chi connectivity index (χ1) is 12.1. The van der Waals surface area contributed by atoms with Crippen LogP contribution in [0, 0.1) is 11.3 Å². The number of carbonyl (C=O) groups excluding carboxylic acids is 2. The molecule has 0 atom stereocenters. The molecule has 2 rings (SSSR count). The molecule has 0 saturated carbocycles. The van der Waals surface area contributed by atoms with Crippen LogP contribution in [0.4, 0.5) is 11.4 Å². The fraction of sp³-hybridized carbons (Fsp3) is 0.600. The molecule has 1 heterocycles. The lowest BCUT2D eigenvalue weighted by Crippen LogP contribution is -2.51. The zero-order valence-electron chi connectivity index (χ0n) is 16.4. The molecular formula is C20H30ClN3O2. The van der Waals surface area contributed by atoms with E-state index in [2.05, 4.69) is 10.2 Å². The van der Waals surface area contributed by atoms with Gasteiger partial charge in [-0.1, -0.05) is 46.2 Å². The Balaban J connectivity index is 1.98. The van der Waals surface area contributed by atoms with E-state index in [9.17, 15) is 9.59 Å². The van der Waals surface area contributed by atoms with Crippen LogP contribution < -0.4 is 10.2 Å². The van der Waals surface area contributed by atoms with Crippen molar-refractivity contribution >= 4 is 34.8 Å². The number of rotatable bonds is 4. The van der Waals surface area contributed by atoms with Gasteiger partial charge in [0.15, 0.2) is 0 Å². The lowest BCUT2D eigenvalue weighted by molar-refractivity contribution is -0.139. The van der Waals surface area contributed by atoms with E-state index in [4.69, 9.17) is 11.6 Å². The molecule has 0 aromatic heterocycles. The van der Waals surface area contributed by atoms with Crippen molar-refractivity contribution in [3.05, 3.63) is 23.2 Å². The second-order valence-electron chi connectivity index (χ2n) is 8.34. The van der Waals surface area contributed by atoms with Gasteiger partial charge >= 0.3 is 0 Å². The van der Waals surface area contributed by atoms with Crippen molar-refractivity contribution in [2.24, 2.45) is 11.3 Å². The zero-order valence-corrected chi connectivity index (χ0v) is 17.2. The summed E-state index contributed by atoms with van der Waals surface area (Å²) in [5, 5.41) is 3.50. The Bertz CT molecular complexity index is 660. The van der Waals surface area contributed by atoms with E-state index in [0.29, 0.717) is 36.1 Å². The Morgan fingerprint density at radius 1 is 1.15 bits per heavy atom. The van der Waals surface area contributed by atoms with Crippen LogP contribution in [0.1, 0.15) is 41.0 Å². The molecule has 1 saturated heterocycles. The number of halogens is 1. The number of nitrogens with one attached hydrogen (secondary N) is 1. The minimum absolute atomic E-state index is 0.00174. The topological polar surface area (TPSA) is 52.7 Å². The summed E-state index contributed by atoms with van der Waals surface area (Å²) in [7, 11) is 0. The molecule has 1 aromatic carbocycles. The van der Waals surface area contributed by atoms with Gasteiger partial charge < -0.3 is 15.1 Å². The first-order valence-electron chi connectivity index (χ1n) is 9.21. The highest BCUT2D eigenvalue weighted by Crippen LogP contribution is 2.30.